The summed E-state index contributed by atoms with van der Waals surface area (Å²) >= 11 is 0. The average molecular weight is 397 g/mol. The van der Waals surface area contributed by atoms with Crippen LogP contribution in [0.3, 0.4) is 0 Å². The first kappa shape index (κ1) is 19.5. The van der Waals surface area contributed by atoms with Crippen LogP contribution < -0.4 is 4.74 Å². The number of carbonyl (C=O) groups is 1. The highest BCUT2D eigenvalue weighted by Gasteiger charge is 2.14. The third-order valence-corrected chi connectivity index (χ3v) is 4.83. The highest BCUT2D eigenvalue weighted by Crippen LogP contribution is 2.32. The molecule has 0 radical (unpaired) electrons. The Labute approximate surface area is 175 Å². The molecule has 150 valence electrons. The summed E-state index contributed by atoms with van der Waals surface area (Å²) in [4.78, 5) is 15.5. The zero-order chi connectivity index (χ0) is 20.8. The first-order valence-corrected chi connectivity index (χ1v) is 9.96. The SMILES string of the molecule is CCOC(=O)C=C(c1ccccc1)c1c[nH]c2ccc(OCc3ccccc3)cc12. The summed E-state index contributed by atoms with van der Waals surface area (Å²) in [5, 5.41) is 0.986. The van der Waals surface area contributed by atoms with Crippen molar-refractivity contribution in [1.29, 1.82) is 0 Å². The molecule has 0 fully saturated rings. The van der Waals surface area contributed by atoms with Crippen molar-refractivity contribution in [2.24, 2.45) is 0 Å². The lowest BCUT2D eigenvalue weighted by molar-refractivity contribution is -0.137. The number of hydrogen-bond donors (Lipinski definition) is 1. The zero-order valence-corrected chi connectivity index (χ0v) is 16.8. The number of benzene rings is 3. The van der Waals surface area contributed by atoms with Gasteiger partial charge in [-0.15, -0.1) is 0 Å². The molecule has 0 aliphatic rings. The van der Waals surface area contributed by atoms with Crippen LogP contribution in [0.4, 0.5) is 0 Å². The lowest BCUT2D eigenvalue weighted by atomic mass is 9.97. The molecule has 3 aromatic carbocycles. The van der Waals surface area contributed by atoms with Gasteiger partial charge in [-0.25, -0.2) is 4.79 Å². The normalized spacial score (nSPS) is 11.4. The third kappa shape index (κ3) is 4.44. The molecule has 1 heterocycles. The molecule has 0 saturated heterocycles. The molecule has 4 aromatic rings. The number of aromatic nitrogens is 1. The fraction of sp³-hybridized carbons (Fsp3) is 0.115. The minimum Gasteiger partial charge on any atom is -0.489 e. The Morgan fingerprint density at radius 2 is 1.70 bits per heavy atom. The number of fused-ring (bicyclic) bond motifs is 1. The van der Waals surface area contributed by atoms with Crippen LogP contribution in [0.2, 0.25) is 0 Å². The van der Waals surface area contributed by atoms with Gasteiger partial charge < -0.3 is 14.5 Å². The molecule has 0 amide bonds. The van der Waals surface area contributed by atoms with Gasteiger partial charge in [-0.2, -0.15) is 0 Å². The van der Waals surface area contributed by atoms with Crippen LogP contribution in [0.5, 0.6) is 5.75 Å². The van der Waals surface area contributed by atoms with Crippen molar-refractivity contribution < 1.29 is 14.3 Å². The monoisotopic (exact) mass is 397 g/mol. The molecule has 1 N–H and O–H groups in total. The molecule has 0 unspecified atom stereocenters. The smallest absolute Gasteiger partial charge is 0.331 e. The summed E-state index contributed by atoms with van der Waals surface area (Å²) < 4.78 is 11.2. The van der Waals surface area contributed by atoms with Crippen LogP contribution in [-0.2, 0) is 16.1 Å². The molecular formula is C26H23NO3. The molecule has 0 atom stereocenters. The number of aromatic amines is 1. The Kier molecular flexibility index (Phi) is 5.95. The van der Waals surface area contributed by atoms with Crippen molar-refractivity contribution in [3.63, 3.8) is 0 Å². The van der Waals surface area contributed by atoms with Gasteiger partial charge in [-0.1, -0.05) is 60.7 Å². The van der Waals surface area contributed by atoms with E-state index in [1.807, 2.05) is 85.1 Å². The second-order valence-electron chi connectivity index (χ2n) is 6.86. The first-order chi connectivity index (χ1) is 14.7. The largest absolute Gasteiger partial charge is 0.489 e. The van der Waals surface area contributed by atoms with E-state index in [9.17, 15) is 4.79 Å². The van der Waals surface area contributed by atoms with Crippen LogP contribution in [-0.4, -0.2) is 17.6 Å². The van der Waals surface area contributed by atoms with Gasteiger partial charge in [-0.3, -0.25) is 0 Å². The maximum atomic E-state index is 12.3. The molecule has 0 spiro atoms. The van der Waals surface area contributed by atoms with Crippen molar-refractivity contribution in [3.8, 4) is 5.75 Å². The molecule has 0 aliphatic heterocycles. The van der Waals surface area contributed by atoms with E-state index in [-0.39, 0.29) is 5.97 Å². The molecule has 0 bridgehead atoms. The van der Waals surface area contributed by atoms with Gasteiger partial charge in [0.1, 0.15) is 12.4 Å². The van der Waals surface area contributed by atoms with Gasteiger partial charge in [0.05, 0.1) is 6.61 Å². The quantitative estimate of drug-likeness (QED) is 0.319. The Bertz CT molecular complexity index is 1160. The van der Waals surface area contributed by atoms with E-state index in [2.05, 4.69) is 4.98 Å². The van der Waals surface area contributed by atoms with E-state index < -0.39 is 0 Å². The summed E-state index contributed by atoms with van der Waals surface area (Å²) in [5.74, 6) is 0.415. The lowest BCUT2D eigenvalue weighted by Gasteiger charge is -2.09. The highest BCUT2D eigenvalue weighted by atomic mass is 16.5. The Balaban J connectivity index is 1.71. The van der Waals surface area contributed by atoms with Gasteiger partial charge in [0, 0.05) is 28.7 Å². The average Bonchev–Trinajstić information content (AvgIpc) is 3.20. The van der Waals surface area contributed by atoms with E-state index in [4.69, 9.17) is 9.47 Å². The summed E-state index contributed by atoms with van der Waals surface area (Å²) in [5.41, 5.74) is 4.76. The van der Waals surface area contributed by atoms with Crippen molar-refractivity contribution in [2.75, 3.05) is 6.61 Å². The van der Waals surface area contributed by atoms with E-state index in [1.54, 1.807) is 13.0 Å². The minimum atomic E-state index is -0.359. The molecule has 1 aromatic heterocycles. The van der Waals surface area contributed by atoms with Gasteiger partial charge in [0.15, 0.2) is 0 Å². The van der Waals surface area contributed by atoms with Gasteiger partial charge in [0.25, 0.3) is 0 Å². The second-order valence-corrected chi connectivity index (χ2v) is 6.86. The standard InChI is InChI=1S/C26H23NO3/c1-2-29-26(28)16-22(20-11-7-4-8-12-20)24-17-27-25-14-13-21(15-23(24)25)30-18-19-9-5-3-6-10-19/h3-17,27H,2,18H2,1H3. The minimum absolute atomic E-state index is 0.336. The third-order valence-electron chi connectivity index (χ3n) is 4.83. The van der Waals surface area contributed by atoms with E-state index in [0.717, 1.165) is 38.9 Å². The number of carbonyl (C=O) groups excluding carboxylic acids is 1. The van der Waals surface area contributed by atoms with Crippen LogP contribution in [0, 0.1) is 0 Å². The summed E-state index contributed by atoms with van der Waals surface area (Å²) in [6.07, 6.45) is 3.47. The van der Waals surface area contributed by atoms with Crippen molar-refractivity contribution >= 4 is 22.4 Å². The van der Waals surface area contributed by atoms with E-state index in [1.165, 1.54) is 0 Å². The number of nitrogens with one attached hydrogen (secondary N) is 1. The molecule has 4 rings (SSSR count). The number of rotatable bonds is 7. The van der Waals surface area contributed by atoms with Crippen LogP contribution in [0.1, 0.15) is 23.6 Å². The number of ether oxygens (including phenoxy) is 2. The summed E-state index contributed by atoms with van der Waals surface area (Å²) in [7, 11) is 0. The van der Waals surface area contributed by atoms with Crippen molar-refractivity contribution in [3.05, 3.63) is 108 Å². The molecule has 0 aliphatic carbocycles. The molecule has 0 saturated carbocycles. The van der Waals surface area contributed by atoms with E-state index >= 15 is 0 Å². The lowest BCUT2D eigenvalue weighted by Crippen LogP contribution is -2.01. The maximum absolute atomic E-state index is 12.3. The second kappa shape index (κ2) is 9.14. The fourth-order valence-electron chi connectivity index (χ4n) is 3.39. The Morgan fingerprint density at radius 1 is 0.967 bits per heavy atom. The maximum Gasteiger partial charge on any atom is 0.331 e. The number of hydrogen-bond acceptors (Lipinski definition) is 3. The van der Waals surface area contributed by atoms with Gasteiger partial charge in [0.2, 0.25) is 0 Å². The van der Waals surface area contributed by atoms with Crippen molar-refractivity contribution in [1.82, 2.24) is 4.98 Å². The van der Waals surface area contributed by atoms with Crippen molar-refractivity contribution in [2.45, 2.75) is 13.5 Å². The predicted octanol–water partition coefficient (Wildman–Crippen LogP) is 5.74. The Hall–Kier alpha value is -3.79. The fourth-order valence-corrected chi connectivity index (χ4v) is 3.39. The van der Waals surface area contributed by atoms with E-state index in [0.29, 0.717) is 13.2 Å². The Morgan fingerprint density at radius 3 is 2.43 bits per heavy atom. The number of H-pyrrole nitrogens is 1. The molecule has 4 nitrogen and oxygen atoms in total. The van der Waals surface area contributed by atoms with Crippen LogP contribution in [0.15, 0.2) is 91.1 Å². The number of esters is 1. The zero-order valence-electron chi connectivity index (χ0n) is 16.8. The van der Waals surface area contributed by atoms with Crippen LogP contribution >= 0.6 is 0 Å². The summed E-state index contributed by atoms with van der Waals surface area (Å²) in [6, 6.07) is 25.8. The molecular weight excluding hydrogens is 374 g/mol. The van der Waals surface area contributed by atoms with Crippen LogP contribution in [0.25, 0.3) is 16.5 Å². The van der Waals surface area contributed by atoms with Gasteiger partial charge >= 0.3 is 5.97 Å². The predicted molar refractivity (Wildman–Crippen MR) is 119 cm³/mol. The summed E-state index contributed by atoms with van der Waals surface area (Å²) in [6.45, 7) is 2.63. The first-order valence-electron chi connectivity index (χ1n) is 9.96. The topological polar surface area (TPSA) is 51.3 Å². The molecule has 4 heteroatoms. The highest BCUT2D eigenvalue weighted by molar-refractivity contribution is 6.03. The molecule has 30 heavy (non-hydrogen) atoms. The van der Waals surface area contributed by atoms with Gasteiger partial charge in [-0.05, 0) is 41.8 Å².